The molecule has 1 aliphatic rings. The summed E-state index contributed by atoms with van der Waals surface area (Å²) in [6.45, 7) is 2.76. The lowest BCUT2D eigenvalue weighted by Gasteiger charge is -2.38. The third-order valence-corrected chi connectivity index (χ3v) is 6.48. The molecule has 0 radical (unpaired) electrons. The molecular weight excluding hydrogens is 436 g/mol. The fourth-order valence-corrected chi connectivity index (χ4v) is 4.54. The lowest BCUT2D eigenvalue weighted by molar-refractivity contribution is -0.133. The number of nitrogens with zero attached hydrogens (tertiary/aromatic N) is 5. The third kappa shape index (κ3) is 4.07. The fourth-order valence-electron chi connectivity index (χ4n) is 4.24. The maximum absolute atomic E-state index is 13.8. The second-order valence-corrected chi connectivity index (χ2v) is 8.30. The number of anilines is 1. The van der Waals surface area contributed by atoms with Gasteiger partial charge in [-0.1, -0.05) is 42.5 Å². The van der Waals surface area contributed by atoms with Crippen LogP contribution in [0.3, 0.4) is 0 Å². The number of hydrogen-bond donors (Lipinski definition) is 1. The Kier molecular flexibility index (Phi) is 5.78. The van der Waals surface area contributed by atoms with Crippen molar-refractivity contribution in [2.75, 3.05) is 38.2 Å². The van der Waals surface area contributed by atoms with Crippen molar-refractivity contribution in [3.8, 4) is 5.75 Å². The second kappa shape index (κ2) is 9.03. The summed E-state index contributed by atoms with van der Waals surface area (Å²) in [5, 5.41) is 7.61. The summed E-state index contributed by atoms with van der Waals surface area (Å²) in [5.41, 5.74) is 2.61. The predicted octanol–water partition coefficient (Wildman–Crippen LogP) is 3.44. The van der Waals surface area contributed by atoms with E-state index in [0.29, 0.717) is 23.4 Å². The van der Waals surface area contributed by atoms with Crippen molar-refractivity contribution in [2.24, 2.45) is 0 Å². The van der Waals surface area contributed by atoms with Gasteiger partial charge in [0.15, 0.2) is 5.65 Å². The molecule has 1 N–H and O–H groups in total. The number of piperazine rings is 1. The Morgan fingerprint density at radius 1 is 1.06 bits per heavy atom. The van der Waals surface area contributed by atoms with Gasteiger partial charge in [0, 0.05) is 31.9 Å². The van der Waals surface area contributed by atoms with Gasteiger partial charge in [-0.15, -0.1) is 0 Å². The molecule has 4 aromatic rings. The van der Waals surface area contributed by atoms with E-state index in [1.165, 1.54) is 0 Å². The zero-order chi connectivity index (χ0) is 22.8. The van der Waals surface area contributed by atoms with Gasteiger partial charge in [-0.25, -0.2) is 4.98 Å². The number of carbonyl (C=O) groups excluding carboxylic acids is 1. The number of fused-ring (bicyclic) bond motifs is 1. The normalized spacial score (nSPS) is 14.9. The van der Waals surface area contributed by atoms with Crippen molar-refractivity contribution in [3.63, 3.8) is 0 Å². The number of amides is 1. The first kappa shape index (κ1) is 21.1. The van der Waals surface area contributed by atoms with Crippen molar-refractivity contribution < 1.29 is 9.53 Å². The van der Waals surface area contributed by atoms with Crippen LogP contribution in [-0.4, -0.2) is 63.8 Å². The smallest absolute Gasteiger partial charge is 0.250 e. The number of carbonyl (C=O) groups is 1. The number of aromatic nitrogens is 4. The van der Waals surface area contributed by atoms with Gasteiger partial charge in [-0.05, 0) is 29.8 Å². The van der Waals surface area contributed by atoms with Crippen LogP contribution in [0, 0.1) is 4.64 Å². The van der Waals surface area contributed by atoms with E-state index in [-0.39, 0.29) is 5.91 Å². The highest BCUT2D eigenvalue weighted by Gasteiger charge is 2.30. The summed E-state index contributed by atoms with van der Waals surface area (Å²) in [7, 11) is 1.66. The maximum atomic E-state index is 13.8. The number of ether oxygens (including phenoxy) is 1. The minimum atomic E-state index is -0.585. The van der Waals surface area contributed by atoms with E-state index in [9.17, 15) is 4.79 Å². The summed E-state index contributed by atoms with van der Waals surface area (Å²) in [5.74, 6) is 0.842. The second-order valence-electron chi connectivity index (χ2n) is 7.91. The predicted molar refractivity (Wildman–Crippen MR) is 129 cm³/mol. The highest BCUT2D eigenvalue weighted by molar-refractivity contribution is 7.71. The molecule has 5 rings (SSSR count). The van der Waals surface area contributed by atoms with Crippen molar-refractivity contribution >= 4 is 34.8 Å². The Hall–Kier alpha value is -3.72. The molecule has 33 heavy (non-hydrogen) atoms. The molecule has 2 aromatic heterocycles. The van der Waals surface area contributed by atoms with Gasteiger partial charge in [-0.3, -0.25) is 9.89 Å². The average Bonchev–Trinajstić information content (AvgIpc) is 3.36. The highest BCUT2D eigenvalue weighted by Crippen LogP contribution is 2.26. The van der Waals surface area contributed by atoms with Gasteiger partial charge in [-0.2, -0.15) is 5.10 Å². The van der Waals surface area contributed by atoms with E-state index in [0.717, 1.165) is 35.5 Å². The van der Waals surface area contributed by atoms with Crippen LogP contribution in [-0.2, 0) is 4.79 Å². The van der Waals surface area contributed by atoms with Gasteiger partial charge in [0.25, 0.3) is 0 Å². The topological polar surface area (TPSA) is 79.3 Å². The molecule has 8 nitrogen and oxygen atoms in total. The molecule has 1 aliphatic heterocycles. The average molecular weight is 461 g/mol. The largest absolute Gasteiger partial charge is 0.497 e. The Balaban J connectivity index is 1.41. The van der Waals surface area contributed by atoms with Gasteiger partial charge in [0.05, 0.1) is 25.0 Å². The van der Waals surface area contributed by atoms with E-state index in [1.807, 2.05) is 59.5 Å². The summed E-state index contributed by atoms with van der Waals surface area (Å²) < 4.78 is 7.57. The minimum absolute atomic E-state index is 0.0105. The van der Waals surface area contributed by atoms with Crippen molar-refractivity contribution in [1.29, 1.82) is 0 Å². The lowest BCUT2D eigenvalue weighted by Crippen LogP contribution is -2.50. The first-order valence-corrected chi connectivity index (χ1v) is 11.2. The SMILES string of the molecule is COc1ccc(N2CCN(C(=O)C(c3ccccc3)n3cnc4[nH]ncc4c3=S)CC2)cc1. The van der Waals surface area contributed by atoms with Crippen LogP contribution in [0.1, 0.15) is 11.6 Å². The van der Waals surface area contributed by atoms with Crippen molar-refractivity contribution in [1.82, 2.24) is 24.6 Å². The Labute approximate surface area is 196 Å². The van der Waals surface area contributed by atoms with Crippen LogP contribution in [0.2, 0.25) is 0 Å². The van der Waals surface area contributed by atoms with Crippen LogP contribution in [0.15, 0.2) is 67.1 Å². The van der Waals surface area contributed by atoms with Crippen LogP contribution >= 0.6 is 12.2 Å². The molecule has 3 heterocycles. The van der Waals surface area contributed by atoms with Crippen LogP contribution in [0.5, 0.6) is 5.75 Å². The molecule has 168 valence electrons. The monoisotopic (exact) mass is 460 g/mol. The summed E-state index contributed by atoms with van der Waals surface area (Å²) in [6.07, 6.45) is 3.29. The molecule has 2 aromatic carbocycles. The minimum Gasteiger partial charge on any atom is -0.497 e. The van der Waals surface area contributed by atoms with E-state index in [1.54, 1.807) is 24.2 Å². The lowest BCUT2D eigenvalue weighted by atomic mass is 10.0. The molecule has 9 heteroatoms. The number of H-pyrrole nitrogens is 1. The van der Waals surface area contributed by atoms with Crippen molar-refractivity contribution in [3.05, 3.63) is 77.3 Å². The van der Waals surface area contributed by atoms with E-state index in [4.69, 9.17) is 17.0 Å². The molecule has 1 saturated heterocycles. The molecule has 1 fully saturated rings. The summed E-state index contributed by atoms with van der Waals surface area (Å²) in [4.78, 5) is 22.5. The number of rotatable bonds is 5. The summed E-state index contributed by atoms with van der Waals surface area (Å²) in [6, 6.07) is 17.2. The van der Waals surface area contributed by atoms with E-state index < -0.39 is 6.04 Å². The van der Waals surface area contributed by atoms with Crippen LogP contribution in [0.25, 0.3) is 11.0 Å². The Bertz CT molecular complexity index is 1310. The number of nitrogens with one attached hydrogen (secondary N) is 1. The first-order chi connectivity index (χ1) is 16.2. The Morgan fingerprint density at radius 2 is 1.79 bits per heavy atom. The zero-order valence-electron chi connectivity index (χ0n) is 18.2. The van der Waals surface area contributed by atoms with Crippen molar-refractivity contribution in [2.45, 2.75) is 6.04 Å². The molecular formula is C24H24N6O2S. The molecule has 1 amide bonds. The third-order valence-electron chi connectivity index (χ3n) is 6.05. The van der Waals surface area contributed by atoms with Gasteiger partial charge in [0.1, 0.15) is 16.4 Å². The van der Waals surface area contributed by atoms with Gasteiger partial charge in [0.2, 0.25) is 5.91 Å². The number of methoxy groups -OCH3 is 1. The summed E-state index contributed by atoms with van der Waals surface area (Å²) >= 11 is 5.72. The van der Waals surface area contributed by atoms with Crippen LogP contribution in [0.4, 0.5) is 5.69 Å². The first-order valence-electron chi connectivity index (χ1n) is 10.8. The van der Waals surface area contributed by atoms with E-state index in [2.05, 4.69) is 20.1 Å². The maximum Gasteiger partial charge on any atom is 0.250 e. The molecule has 1 unspecified atom stereocenters. The standard InChI is InChI=1S/C24H24N6O2S/c1-32-19-9-7-18(8-10-19)28-11-13-29(14-12-28)23(31)21(17-5-3-2-4-6-17)30-16-25-22-20(24(30)33)15-26-27-22/h2-10,15-16,21H,11-14H2,1H3,(H,26,27). The number of hydrogen-bond acceptors (Lipinski definition) is 6. The van der Waals surface area contributed by atoms with E-state index >= 15 is 0 Å². The molecule has 0 bridgehead atoms. The Morgan fingerprint density at radius 3 is 2.48 bits per heavy atom. The molecule has 0 spiro atoms. The number of aromatic amines is 1. The molecule has 0 saturated carbocycles. The van der Waals surface area contributed by atoms with Gasteiger partial charge < -0.3 is 19.1 Å². The zero-order valence-corrected chi connectivity index (χ0v) is 19.0. The highest BCUT2D eigenvalue weighted by atomic mass is 32.1. The number of benzene rings is 2. The molecule has 1 atom stereocenters. The van der Waals surface area contributed by atoms with Crippen LogP contribution < -0.4 is 9.64 Å². The van der Waals surface area contributed by atoms with Gasteiger partial charge >= 0.3 is 0 Å². The fraction of sp³-hybridized carbons (Fsp3) is 0.250. The quantitative estimate of drug-likeness (QED) is 0.460. The molecule has 0 aliphatic carbocycles.